The van der Waals surface area contributed by atoms with E-state index in [1.54, 1.807) is 18.3 Å². The third-order valence-electron chi connectivity index (χ3n) is 1.33. The molecule has 0 aliphatic rings. The van der Waals surface area contributed by atoms with Crippen LogP contribution >= 0.6 is 0 Å². The number of nitrogens with zero attached hydrogens (tertiary/aromatic N) is 2. The van der Waals surface area contributed by atoms with Gasteiger partial charge in [-0.2, -0.15) is 0 Å². The van der Waals surface area contributed by atoms with E-state index < -0.39 is 0 Å². The number of oxime groups is 1. The smallest absolute Gasteiger partial charge is 0.187 e. The first kappa shape index (κ1) is 8.28. The van der Waals surface area contributed by atoms with Crippen LogP contribution in [-0.4, -0.2) is 13.3 Å². The van der Waals surface area contributed by atoms with Gasteiger partial charge in [0.05, 0.1) is 12.8 Å². The van der Waals surface area contributed by atoms with E-state index in [0.717, 1.165) is 5.56 Å². The molecule has 0 fully saturated rings. The Morgan fingerprint density at radius 3 is 2.58 bits per heavy atom. The van der Waals surface area contributed by atoms with Gasteiger partial charge >= 0.3 is 0 Å². The van der Waals surface area contributed by atoms with E-state index in [0.29, 0.717) is 5.69 Å². The van der Waals surface area contributed by atoms with Crippen molar-refractivity contribution in [3.63, 3.8) is 0 Å². The van der Waals surface area contributed by atoms with Gasteiger partial charge in [-0.3, -0.25) is 0 Å². The minimum atomic E-state index is 0.629. The van der Waals surface area contributed by atoms with Crippen molar-refractivity contribution < 1.29 is 4.84 Å². The average molecular weight is 160 g/mol. The Morgan fingerprint density at radius 2 is 2.08 bits per heavy atom. The molecular formula is C9H8N2O. The third kappa shape index (κ3) is 2.10. The maximum atomic E-state index is 6.72. The van der Waals surface area contributed by atoms with Crippen LogP contribution in [0, 0.1) is 6.57 Å². The summed E-state index contributed by atoms with van der Waals surface area (Å²) in [5.41, 5.74) is 1.55. The summed E-state index contributed by atoms with van der Waals surface area (Å²) in [5, 5.41) is 3.60. The second kappa shape index (κ2) is 4.14. The molecule has 0 radical (unpaired) electrons. The van der Waals surface area contributed by atoms with Crippen LogP contribution in [0.4, 0.5) is 5.69 Å². The van der Waals surface area contributed by atoms with E-state index in [9.17, 15) is 0 Å². The lowest BCUT2D eigenvalue weighted by Gasteiger charge is -1.91. The molecule has 1 aromatic carbocycles. The van der Waals surface area contributed by atoms with Crippen LogP contribution in [0.15, 0.2) is 29.4 Å². The summed E-state index contributed by atoms with van der Waals surface area (Å²) in [6.45, 7) is 6.72. The van der Waals surface area contributed by atoms with Crippen molar-refractivity contribution in [2.75, 3.05) is 7.11 Å². The summed E-state index contributed by atoms with van der Waals surface area (Å²) in [4.78, 5) is 7.78. The zero-order valence-corrected chi connectivity index (χ0v) is 6.69. The Morgan fingerprint density at radius 1 is 1.42 bits per heavy atom. The highest BCUT2D eigenvalue weighted by atomic mass is 16.6. The topological polar surface area (TPSA) is 25.9 Å². The molecule has 0 amide bonds. The molecule has 1 rings (SSSR count). The van der Waals surface area contributed by atoms with Crippen LogP contribution < -0.4 is 0 Å². The van der Waals surface area contributed by atoms with Crippen LogP contribution in [0.5, 0.6) is 0 Å². The highest BCUT2D eigenvalue weighted by Crippen LogP contribution is 2.10. The largest absolute Gasteiger partial charge is 0.399 e. The molecule has 12 heavy (non-hydrogen) atoms. The first-order valence-corrected chi connectivity index (χ1v) is 3.41. The normalized spacial score (nSPS) is 9.67. The van der Waals surface area contributed by atoms with Crippen LogP contribution in [-0.2, 0) is 4.84 Å². The summed E-state index contributed by atoms with van der Waals surface area (Å²) in [7, 11) is 1.49. The van der Waals surface area contributed by atoms with E-state index in [4.69, 9.17) is 6.57 Å². The Bertz CT molecular complexity index is 308. The minimum absolute atomic E-state index is 0.629. The van der Waals surface area contributed by atoms with Crippen molar-refractivity contribution in [2.24, 2.45) is 5.16 Å². The van der Waals surface area contributed by atoms with Gasteiger partial charge in [0.1, 0.15) is 7.11 Å². The molecule has 60 valence electrons. The molecule has 0 aliphatic carbocycles. The molecule has 0 aromatic heterocycles. The summed E-state index contributed by atoms with van der Waals surface area (Å²) in [5.74, 6) is 0. The van der Waals surface area contributed by atoms with Crippen LogP contribution in [0.2, 0.25) is 0 Å². The van der Waals surface area contributed by atoms with Crippen molar-refractivity contribution in [1.29, 1.82) is 0 Å². The van der Waals surface area contributed by atoms with E-state index in [1.165, 1.54) is 7.11 Å². The Hall–Kier alpha value is -1.82. The molecule has 0 saturated carbocycles. The molecule has 3 nitrogen and oxygen atoms in total. The molecule has 0 N–H and O–H groups in total. The molecule has 0 bridgehead atoms. The van der Waals surface area contributed by atoms with Crippen LogP contribution in [0.1, 0.15) is 5.56 Å². The molecule has 0 aliphatic heterocycles. The molecule has 0 saturated heterocycles. The number of hydrogen-bond donors (Lipinski definition) is 0. The molecule has 0 unspecified atom stereocenters. The van der Waals surface area contributed by atoms with Gasteiger partial charge < -0.3 is 4.84 Å². The van der Waals surface area contributed by atoms with Gasteiger partial charge in [-0.1, -0.05) is 29.4 Å². The van der Waals surface area contributed by atoms with Gasteiger partial charge in [-0.25, -0.2) is 4.85 Å². The van der Waals surface area contributed by atoms with Gasteiger partial charge in [0, 0.05) is 0 Å². The highest BCUT2D eigenvalue weighted by molar-refractivity contribution is 5.79. The van der Waals surface area contributed by atoms with Gasteiger partial charge in [-0.05, 0) is 5.56 Å². The number of hydrogen-bond acceptors (Lipinski definition) is 2. The fourth-order valence-electron chi connectivity index (χ4n) is 0.748. The number of benzene rings is 1. The van der Waals surface area contributed by atoms with Crippen LogP contribution in [0.25, 0.3) is 4.85 Å². The van der Waals surface area contributed by atoms with E-state index in [2.05, 4.69) is 14.8 Å². The zero-order valence-electron chi connectivity index (χ0n) is 6.69. The van der Waals surface area contributed by atoms with E-state index >= 15 is 0 Å². The zero-order chi connectivity index (χ0) is 8.81. The Labute approximate surface area is 71.1 Å². The van der Waals surface area contributed by atoms with Crippen molar-refractivity contribution >= 4 is 11.9 Å². The average Bonchev–Trinajstić information content (AvgIpc) is 2.15. The van der Waals surface area contributed by atoms with Crippen molar-refractivity contribution in [2.45, 2.75) is 0 Å². The monoisotopic (exact) mass is 160 g/mol. The summed E-state index contributed by atoms with van der Waals surface area (Å²) >= 11 is 0. The van der Waals surface area contributed by atoms with Gasteiger partial charge in [0.25, 0.3) is 0 Å². The second-order valence-electron chi connectivity index (χ2n) is 2.12. The van der Waals surface area contributed by atoms with E-state index in [1.807, 2.05) is 12.1 Å². The first-order valence-electron chi connectivity index (χ1n) is 3.41. The minimum Gasteiger partial charge on any atom is -0.399 e. The predicted molar refractivity (Wildman–Crippen MR) is 47.3 cm³/mol. The van der Waals surface area contributed by atoms with Crippen molar-refractivity contribution in [3.05, 3.63) is 41.2 Å². The molecule has 0 heterocycles. The summed E-state index contributed by atoms with van der Waals surface area (Å²) < 4.78 is 0. The fourth-order valence-corrected chi connectivity index (χ4v) is 0.748. The Balaban J connectivity index is 2.80. The lowest BCUT2D eigenvalue weighted by molar-refractivity contribution is 0.215. The quantitative estimate of drug-likeness (QED) is 0.370. The van der Waals surface area contributed by atoms with Crippen molar-refractivity contribution in [3.8, 4) is 0 Å². The Kier molecular flexibility index (Phi) is 2.86. The summed E-state index contributed by atoms with van der Waals surface area (Å²) in [6.07, 6.45) is 1.59. The second-order valence-corrected chi connectivity index (χ2v) is 2.12. The molecule has 1 aromatic rings. The molecule has 3 heteroatoms. The van der Waals surface area contributed by atoms with Crippen molar-refractivity contribution in [1.82, 2.24) is 0 Å². The highest BCUT2D eigenvalue weighted by Gasteiger charge is 1.89. The standard InChI is InChI=1S/C9H8N2O/c1-10-9-5-3-8(4-6-9)7-11-12-2/h3-7H,2H3. The lowest BCUT2D eigenvalue weighted by Crippen LogP contribution is -1.79. The van der Waals surface area contributed by atoms with Gasteiger partial charge in [-0.15, -0.1) is 0 Å². The molecular weight excluding hydrogens is 152 g/mol. The fraction of sp³-hybridized carbons (Fsp3) is 0.111. The SMILES string of the molecule is [C-]#[N+]c1ccc(C=NOC)cc1. The lowest BCUT2D eigenvalue weighted by atomic mass is 10.2. The third-order valence-corrected chi connectivity index (χ3v) is 1.33. The maximum absolute atomic E-state index is 6.72. The molecule has 0 atom stereocenters. The maximum Gasteiger partial charge on any atom is 0.187 e. The van der Waals surface area contributed by atoms with Gasteiger partial charge in [0.15, 0.2) is 5.69 Å². The summed E-state index contributed by atoms with van der Waals surface area (Å²) in [6, 6.07) is 7.11. The van der Waals surface area contributed by atoms with Crippen LogP contribution in [0.3, 0.4) is 0 Å². The number of rotatable bonds is 2. The van der Waals surface area contributed by atoms with Gasteiger partial charge in [0.2, 0.25) is 0 Å². The predicted octanol–water partition coefficient (Wildman–Crippen LogP) is 2.22. The van der Waals surface area contributed by atoms with E-state index in [-0.39, 0.29) is 0 Å². The first-order chi connectivity index (χ1) is 5.86. The molecule has 0 spiro atoms.